The molecule has 4 atom stereocenters. The smallest absolute Gasteiger partial charge is 0.343 e. The summed E-state index contributed by atoms with van der Waals surface area (Å²) < 4.78 is 52.0. The van der Waals surface area contributed by atoms with Crippen molar-refractivity contribution in [1.29, 1.82) is 0 Å². The molecule has 0 amide bonds. The predicted octanol–water partition coefficient (Wildman–Crippen LogP) is 3.75. The lowest BCUT2D eigenvalue weighted by Gasteiger charge is -2.36. The quantitative estimate of drug-likeness (QED) is 0.474. The fraction of sp³-hybridized carbons (Fsp3) is 0.667. The van der Waals surface area contributed by atoms with E-state index in [2.05, 4.69) is 9.71 Å². The molecule has 2 aliphatic carbocycles. The van der Waals surface area contributed by atoms with Gasteiger partial charge in [0.1, 0.15) is 17.0 Å². The Hall–Kier alpha value is -2.86. The molecule has 3 fully saturated rings. The van der Waals surface area contributed by atoms with Crippen LogP contribution in [0, 0.1) is 22.6 Å². The van der Waals surface area contributed by atoms with Crippen molar-refractivity contribution in [3.63, 3.8) is 0 Å². The Bertz CT molecular complexity index is 1630. The monoisotopic (exact) mass is 604 g/mol. The Morgan fingerprint density at radius 3 is 2.52 bits per heavy atom. The second-order valence-electron chi connectivity index (χ2n) is 13.8. The summed E-state index contributed by atoms with van der Waals surface area (Å²) in [7, 11) is -3.82. The van der Waals surface area contributed by atoms with Crippen LogP contribution in [0.4, 0.5) is 10.2 Å². The molecule has 5 rings (SSSR count). The lowest BCUT2D eigenvalue weighted by Crippen LogP contribution is -2.48. The number of esters is 1. The first-order valence-electron chi connectivity index (χ1n) is 14.7. The molecule has 0 spiro atoms. The first-order chi connectivity index (χ1) is 19.4. The number of pyridine rings is 2. The highest BCUT2D eigenvalue weighted by molar-refractivity contribution is 7.89. The van der Waals surface area contributed by atoms with Gasteiger partial charge in [0.2, 0.25) is 15.5 Å². The van der Waals surface area contributed by atoms with Gasteiger partial charge in [0.25, 0.3) is 0 Å². The van der Waals surface area contributed by atoms with E-state index in [1.807, 2.05) is 41.5 Å². The van der Waals surface area contributed by atoms with E-state index in [1.165, 1.54) is 6.20 Å². The Labute approximate surface area is 246 Å². The van der Waals surface area contributed by atoms with Crippen LogP contribution in [0.5, 0.6) is 0 Å². The van der Waals surface area contributed by atoms with Gasteiger partial charge in [0, 0.05) is 42.2 Å². The van der Waals surface area contributed by atoms with Gasteiger partial charge in [-0.3, -0.25) is 9.59 Å². The molecule has 0 aromatic carbocycles. The average Bonchev–Trinajstić information content (AvgIpc) is 3.40. The summed E-state index contributed by atoms with van der Waals surface area (Å²) in [5.74, 6) is -1.52. The van der Waals surface area contributed by atoms with Crippen molar-refractivity contribution in [2.45, 2.75) is 91.8 Å². The third-order valence-electron chi connectivity index (χ3n) is 9.90. The van der Waals surface area contributed by atoms with Crippen molar-refractivity contribution >= 4 is 38.6 Å². The predicted molar refractivity (Wildman–Crippen MR) is 158 cm³/mol. The molecule has 2 aromatic rings. The van der Waals surface area contributed by atoms with Gasteiger partial charge in [0.05, 0.1) is 17.7 Å². The van der Waals surface area contributed by atoms with E-state index in [9.17, 15) is 22.8 Å². The normalized spacial score (nSPS) is 27.3. The number of aromatic nitrogens is 2. The fourth-order valence-corrected chi connectivity index (χ4v) is 9.51. The fourth-order valence-electron chi connectivity index (χ4n) is 7.42. The molecule has 3 heterocycles. The molecule has 1 N–H and O–H groups in total. The molecule has 10 nitrogen and oxygen atoms in total. The minimum Gasteiger partial charge on any atom is -0.462 e. The zero-order valence-electron chi connectivity index (χ0n) is 25.4. The van der Waals surface area contributed by atoms with Gasteiger partial charge in [-0.2, -0.15) is 0 Å². The molecule has 2 bridgehead atoms. The maximum absolute atomic E-state index is 15.7. The van der Waals surface area contributed by atoms with Gasteiger partial charge in [-0.05, 0) is 71.3 Å². The molecule has 0 radical (unpaired) electrons. The Morgan fingerprint density at radius 2 is 1.95 bits per heavy atom. The molecule has 2 aromatic heterocycles. The molecular weight excluding hydrogens is 563 g/mol. The largest absolute Gasteiger partial charge is 0.462 e. The van der Waals surface area contributed by atoms with Crippen LogP contribution in [0.2, 0.25) is 0 Å². The lowest BCUT2D eigenvalue weighted by molar-refractivity contribution is -0.128. The van der Waals surface area contributed by atoms with Gasteiger partial charge in [0.15, 0.2) is 11.6 Å². The van der Waals surface area contributed by atoms with E-state index < -0.39 is 44.2 Å². The number of carbonyl (C=O) groups is 2. The van der Waals surface area contributed by atoms with Crippen molar-refractivity contribution in [3.8, 4) is 0 Å². The molecular formula is C30H41FN4O6S. The lowest BCUT2D eigenvalue weighted by atomic mass is 9.70. The van der Waals surface area contributed by atoms with Gasteiger partial charge in [-0.15, -0.1) is 0 Å². The number of anilines is 1. The third kappa shape index (κ3) is 4.84. The highest BCUT2D eigenvalue weighted by Crippen LogP contribution is 2.64. The first-order valence-corrected chi connectivity index (χ1v) is 16.3. The van der Waals surface area contributed by atoms with Gasteiger partial charge in [-0.1, -0.05) is 13.8 Å². The summed E-state index contributed by atoms with van der Waals surface area (Å²) in [6, 6.07) is 0.328. The Balaban J connectivity index is 1.45. The highest BCUT2D eigenvalue weighted by Gasteiger charge is 2.65. The third-order valence-corrected chi connectivity index (χ3v) is 11.5. The molecule has 230 valence electrons. The number of Topliss-reactive ketones (excluding diaryl/α,β-unsaturated/α-hetero) is 1. The number of carbonyl (C=O) groups excluding carboxylic acids is 2. The molecule has 12 heteroatoms. The van der Waals surface area contributed by atoms with Crippen molar-refractivity contribution in [2.75, 3.05) is 23.8 Å². The van der Waals surface area contributed by atoms with Crippen molar-refractivity contribution in [1.82, 2.24) is 14.3 Å². The second kappa shape index (κ2) is 10.1. The SMILES string of the molecule is CCOC(=O)c1cn(C(C)(C)C)c2nc(N3C[C@@H](NS(=O)(=O)C[C@@]45CC[C@@H](CC4=O)C5(C)C)C[C@@H]3C)c(F)cc2c1=O. The van der Waals surface area contributed by atoms with Crippen molar-refractivity contribution in [3.05, 3.63) is 33.9 Å². The number of fused-ring (bicyclic) bond motifs is 3. The van der Waals surface area contributed by atoms with Gasteiger partial charge in [-0.25, -0.2) is 27.3 Å². The summed E-state index contributed by atoms with van der Waals surface area (Å²) in [5.41, 5.74) is -2.52. The molecule has 0 unspecified atom stereocenters. The number of nitrogens with zero attached hydrogens (tertiary/aromatic N) is 3. The Morgan fingerprint density at radius 1 is 1.26 bits per heavy atom. The topological polar surface area (TPSA) is 128 Å². The Kier molecular flexibility index (Phi) is 7.36. The average molecular weight is 605 g/mol. The van der Waals surface area contributed by atoms with Crippen LogP contribution < -0.4 is 15.1 Å². The summed E-state index contributed by atoms with van der Waals surface area (Å²) in [6.45, 7) is 13.4. The van der Waals surface area contributed by atoms with E-state index in [4.69, 9.17) is 4.74 Å². The van der Waals surface area contributed by atoms with Crippen LogP contribution in [-0.4, -0.2) is 60.7 Å². The van der Waals surface area contributed by atoms with E-state index in [0.29, 0.717) is 19.3 Å². The number of sulfonamides is 1. The van der Waals surface area contributed by atoms with Crippen molar-refractivity contribution < 1.29 is 27.1 Å². The minimum atomic E-state index is -3.82. The summed E-state index contributed by atoms with van der Waals surface area (Å²) in [4.78, 5) is 45.0. The zero-order valence-corrected chi connectivity index (χ0v) is 26.2. The van der Waals surface area contributed by atoms with Gasteiger partial charge >= 0.3 is 5.97 Å². The second-order valence-corrected chi connectivity index (χ2v) is 15.5. The maximum atomic E-state index is 15.7. The summed E-state index contributed by atoms with van der Waals surface area (Å²) >= 11 is 0. The summed E-state index contributed by atoms with van der Waals surface area (Å²) in [5, 5.41) is -0.0428. The molecule has 42 heavy (non-hydrogen) atoms. The number of nitrogens with one attached hydrogen (secondary N) is 1. The number of hydrogen-bond donors (Lipinski definition) is 1. The van der Waals surface area contributed by atoms with E-state index >= 15 is 4.39 Å². The number of halogens is 1. The first kappa shape index (κ1) is 30.6. The zero-order chi connectivity index (χ0) is 31.0. The van der Waals surface area contributed by atoms with Crippen LogP contribution in [0.25, 0.3) is 11.0 Å². The van der Waals surface area contributed by atoms with Crippen LogP contribution in [0.3, 0.4) is 0 Å². The van der Waals surface area contributed by atoms with Gasteiger partial charge < -0.3 is 14.2 Å². The number of hydrogen-bond acceptors (Lipinski definition) is 8. The minimum absolute atomic E-state index is 0.00214. The van der Waals surface area contributed by atoms with Crippen LogP contribution in [0.1, 0.15) is 84.5 Å². The summed E-state index contributed by atoms with van der Waals surface area (Å²) in [6.07, 6.45) is 3.69. The highest BCUT2D eigenvalue weighted by atomic mass is 32.2. The standard InChI is InChI=1S/C30H41FN4O6S/c1-8-41-27(38)21-15-35(28(3,4)5)25-20(24(21)37)13-22(31)26(32-25)34-14-19(11-17(34)2)33-42(39,40)16-30-10-9-18(12-23(30)36)29(30,6)7/h13,15,17-19,33H,8-12,14,16H2,1-7H3/t17-,18-,19-,30-/m0/s1. The maximum Gasteiger partial charge on any atom is 0.343 e. The molecule has 3 aliphatic rings. The number of rotatable bonds is 7. The molecule has 1 saturated heterocycles. The number of ether oxygens (including phenoxy) is 1. The van der Waals surface area contributed by atoms with E-state index in [1.54, 1.807) is 16.4 Å². The van der Waals surface area contributed by atoms with Crippen LogP contribution in [-0.2, 0) is 25.1 Å². The van der Waals surface area contributed by atoms with Crippen molar-refractivity contribution in [2.24, 2.45) is 16.7 Å². The van der Waals surface area contributed by atoms with Crippen LogP contribution in [0.15, 0.2) is 17.1 Å². The van der Waals surface area contributed by atoms with Crippen LogP contribution >= 0.6 is 0 Å². The number of ketones is 1. The molecule has 1 aliphatic heterocycles. The van der Waals surface area contributed by atoms with E-state index in [-0.39, 0.29) is 64.5 Å². The van der Waals surface area contributed by atoms with E-state index in [0.717, 1.165) is 12.5 Å². The molecule has 2 saturated carbocycles.